The molecule has 0 aromatic carbocycles. The van der Waals surface area contributed by atoms with E-state index in [1.165, 1.54) is 10.0 Å². The van der Waals surface area contributed by atoms with Gasteiger partial charge in [0.25, 0.3) is 10.0 Å². The topological polar surface area (TPSA) is 55.2 Å². The van der Waals surface area contributed by atoms with Gasteiger partial charge in [-0.1, -0.05) is 11.6 Å². The maximum atomic E-state index is 12.9. The molecule has 0 radical (unpaired) electrons. The summed E-state index contributed by atoms with van der Waals surface area (Å²) in [6.45, 7) is 0.832. The van der Waals surface area contributed by atoms with E-state index in [1.807, 2.05) is 26.2 Å². The minimum atomic E-state index is -3.69. The minimum Gasteiger partial charge on any atom is -0.309 e. The summed E-state index contributed by atoms with van der Waals surface area (Å²) in [5, 5.41) is 0.862. The summed E-state index contributed by atoms with van der Waals surface area (Å²) < 4.78 is 27.7. The number of fused-ring (bicyclic) bond motifs is 1. The second-order valence-electron chi connectivity index (χ2n) is 5.44. The van der Waals surface area contributed by atoms with E-state index in [1.54, 1.807) is 18.5 Å². The largest absolute Gasteiger partial charge is 0.309 e. The predicted octanol–water partition coefficient (Wildman–Crippen LogP) is 3.09. The Morgan fingerprint density at radius 1 is 1.30 bits per heavy atom. The molecule has 8 heteroatoms. The van der Waals surface area contributed by atoms with Gasteiger partial charge in [0.05, 0.1) is 4.34 Å². The fourth-order valence-electron chi connectivity index (χ4n) is 2.36. The number of halogens is 1. The van der Waals surface area contributed by atoms with Crippen LogP contribution in [0.15, 0.2) is 40.9 Å². The lowest BCUT2D eigenvalue weighted by atomic mass is 10.1. The summed E-state index contributed by atoms with van der Waals surface area (Å²) in [6.07, 6.45) is 4.03. The van der Waals surface area contributed by atoms with Gasteiger partial charge in [-0.05, 0) is 50.3 Å². The van der Waals surface area contributed by atoms with Gasteiger partial charge in [-0.2, -0.15) is 8.42 Å². The molecule has 122 valence electrons. The molecule has 0 atom stereocenters. The first kappa shape index (κ1) is 16.4. The molecule has 0 fully saturated rings. The Morgan fingerprint density at radius 3 is 2.74 bits per heavy atom. The van der Waals surface area contributed by atoms with Crippen molar-refractivity contribution in [3.8, 4) is 0 Å². The van der Waals surface area contributed by atoms with E-state index in [0.29, 0.717) is 9.98 Å². The number of thiophene rings is 1. The lowest BCUT2D eigenvalue weighted by molar-refractivity contribution is 0.414. The molecule has 0 saturated carbocycles. The van der Waals surface area contributed by atoms with Crippen LogP contribution in [0.3, 0.4) is 0 Å². The second-order valence-corrected chi connectivity index (χ2v) is 9.20. The van der Waals surface area contributed by atoms with Crippen molar-refractivity contribution in [3.05, 3.63) is 46.6 Å². The monoisotopic (exact) mass is 369 g/mol. The van der Waals surface area contributed by atoms with Crippen molar-refractivity contribution in [1.29, 1.82) is 0 Å². The highest BCUT2D eigenvalue weighted by Gasteiger charge is 2.23. The van der Waals surface area contributed by atoms with Crippen molar-refractivity contribution >= 4 is 44.0 Å². The SMILES string of the molecule is CN(C)CCc1cn(S(=O)(=O)c2ccc(Cl)s2)c2ncccc12. The van der Waals surface area contributed by atoms with Crippen LogP contribution in [0.2, 0.25) is 4.34 Å². The Labute approximate surface area is 144 Å². The van der Waals surface area contributed by atoms with Gasteiger partial charge in [-0.15, -0.1) is 11.3 Å². The molecule has 0 N–H and O–H groups in total. The fraction of sp³-hybridized carbons (Fsp3) is 0.267. The Balaban J connectivity index is 2.14. The first-order valence-corrected chi connectivity index (χ1v) is 9.63. The van der Waals surface area contributed by atoms with Crippen LogP contribution in [0.4, 0.5) is 0 Å². The molecule has 0 spiro atoms. The summed E-state index contributed by atoms with van der Waals surface area (Å²) >= 11 is 6.93. The first-order chi connectivity index (χ1) is 10.9. The molecule has 3 rings (SSSR count). The number of likely N-dealkylation sites (N-methyl/N-ethyl adjacent to an activating group) is 1. The van der Waals surface area contributed by atoms with E-state index in [-0.39, 0.29) is 4.21 Å². The summed E-state index contributed by atoms with van der Waals surface area (Å²) in [5.41, 5.74) is 1.42. The van der Waals surface area contributed by atoms with E-state index >= 15 is 0 Å². The van der Waals surface area contributed by atoms with Gasteiger partial charge in [-0.3, -0.25) is 0 Å². The van der Waals surface area contributed by atoms with E-state index in [9.17, 15) is 8.42 Å². The molecule has 0 bridgehead atoms. The van der Waals surface area contributed by atoms with Crippen LogP contribution in [0, 0.1) is 0 Å². The van der Waals surface area contributed by atoms with Crippen LogP contribution >= 0.6 is 22.9 Å². The van der Waals surface area contributed by atoms with Crippen LogP contribution < -0.4 is 0 Å². The van der Waals surface area contributed by atoms with Crippen LogP contribution in [-0.2, 0) is 16.4 Å². The van der Waals surface area contributed by atoms with Gasteiger partial charge in [0, 0.05) is 24.3 Å². The number of aromatic nitrogens is 2. The number of hydrogen-bond donors (Lipinski definition) is 0. The van der Waals surface area contributed by atoms with Crippen molar-refractivity contribution in [2.75, 3.05) is 20.6 Å². The molecule has 0 aliphatic carbocycles. The Hall–Kier alpha value is -1.41. The average Bonchev–Trinajstić information content (AvgIpc) is 3.10. The number of rotatable bonds is 5. The molecule has 23 heavy (non-hydrogen) atoms. The maximum Gasteiger partial charge on any atom is 0.278 e. The van der Waals surface area contributed by atoms with Crippen molar-refractivity contribution in [1.82, 2.24) is 13.9 Å². The standard InChI is InChI=1S/C15H16ClN3O2S2/c1-18(2)9-7-11-10-19(15-12(11)4-3-8-17-15)23(20,21)14-6-5-13(16)22-14/h3-6,8,10H,7,9H2,1-2H3. The van der Waals surface area contributed by atoms with Crippen molar-refractivity contribution in [2.45, 2.75) is 10.6 Å². The molecular weight excluding hydrogens is 354 g/mol. The molecule has 3 heterocycles. The highest BCUT2D eigenvalue weighted by molar-refractivity contribution is 7.92. The zero-order valence-electron chi connectivity index (χ0n) is 12.7. The van der Waals surface area contributed by atoms with E-state index in [4.69, 9.17) is 11.6 Å². The number of nitrogens with zero attached hydrogens (tertiary/aromatic N) is 3. The third-order valence-corrected chi connectivity index (χ3v) is 6.85. The molecule has 0 aliphatic rings. The highest BCUT2D eigenvalue weighted by Crippen LogP contribution is 2.30. The van der Waals surface area contributed by atoms with Crippen LogP contribution in [-0.4, -0.2) is 42.9 Å². The van der Waals surface area contributed by atoms with Crippen molar-refractivity contribution < 1.29 is 8.42 Å². The van der Waals surface area contributed by atoms with Gasteiger partial charge in [0.1, 0.15) is 4.21 Å². The van der Waals surface area contributed by atoms with Gasteiger partial charge in [-0.25, -0.2) is 8.96 Å². The van der Waals surface area contributed by atoms with Gasteiger partial charge >= 0.3 is 0 Å². The van der Waals surface area contributed by atoms with Crippen LogP contribution in [0.25, 0.3) is 11.0 Å². The Kier molecular flexibility index (Phi) is 4.46. The zero-order valence-corrected chi connectivity index (χ0v) is 15.1. The number of pyridine rings is 1. The van der Waals surface area contributed by atoms with E-state index in [2.05, 4.69) is 9.88 Å². The van der Waals surface area contributed by atoms with E-state index in [0.717, 1.165) is 35.3 Å². The lowest BCUT2D eigenvalue weighted by Crippen LogP contribution is -2.15. The van der Waals surface area contributed by atoms with Crippen LogP contribution in [0.5, 0.6) is 0 Å². The third kappa shape index (κ3) is 3.14. The second kappa shape index (κ2) is 6.24. The van der Waals surface area contributed by atoms with Gasteiger partial charge in [0.2, 0.25) is 0 Å². The van der Waals surface area contributed by atoms with Crippen LogP contribution in [0.1, 0.15) is 5.56 Å². The van der Waals surface area contributed by atoms with Gasteiger partial charge < -0.3 is 4.90 Å². The highest BCUT2D eigenvalue weighted by atomic mass is 35.5. The summed E-state index contributed by atoms with van der Waals surface area (Å²) in [4.78, 5) is 6.33. The van der Waals surface area contributed by atoms with E-state index < -0.39 is 10.0 Å². The summed E-state index contributed by atoms with van der Waals surface area (Å²) in [7, 11) is 0.288. The Morgan fingerprint density at radius 2 is 2.09 bits per heavy atom. The van der Waals surface area contributed by atoms with Gasteiger partial charge in [0.15, 0.2) is 5.65 Å². The summed E-state index contributed by atoms with van der Waals surface area (Å²) in [5.74, 6) is 0. The third-order valence-electron chi connectivity index (χ3n) is 3.50. The molecule has 5 nitrogen and oxygen atoms in total. The molecule has 0 unspecified atom stereocenters. The Bertz CT molecular complexity index is 945. The minimum absolute atomic E-state index is 0.212. The molecular formula is C15H16ClN3O2S2. The molecule has 0 saturated heterocycles. The smallest absolute Gasteiger partial charge is 0.278 e. The number of hydrogen-bond acceptors (Lipinski definition) is 5. The zero-order chi connectivity index (χ0) is 16.6. The molecule has 3 aromatic heterocycles. The molecule has 0 amide bonds. The average molecular weight is 370 g/mol. The van der Waals surface area contributed by atoms with Crippen molar-refractivity contribution in [2.24, 2.45) is 0 Å². The molecule has 0 aliphatic heterocycles. The fourth-order valence-corrected chi connectivity index (χ4v) is 5.27. The quantitative estimate of drug-likeness (QED) is 0.693. The maximum absolute atomic E-state index is 12.9. The first-order valence-electron chi connectivity index (χ1n) is 7.00. The normalized spacial score (nSPS) is 12.3. The predicted molar refractivity (Wildman–Crippen MR) is 93.9 cm³/mol. The molecule has 3 aromatic rings. The lowest BCUT2D eigenvalue weighted by Gasteiger charge is -2.07. The summed E-state index contributed by atoms with van der Waals surface area (Å²) in [6, 6.07) is 6.84. The van der Waals surface area contributed by atoms with Crippen molar-refractivity contribution in [3.63, 3.8) is 0 Å².